The number of halogens is 1. The maximum absolute atomic E-state index is 5.68. The Balaban J connectivity index is 2.50. The van der Waals surface area contributed by atoms with Crippen LogP contribution >= 0.6 is 23.1 Å². The number of rotatable bonds is 1. The molecular weight excluding hydrogens is 196 g/mol. The van der Waals surface area contributed by atoms with E-state index in [4.69, 9.17) is 21.8 Å². The number of nitrogens with zero attached hydrogens (tertiary/aromatic N) is 1. The topological polar surface area (TPSA) is 52.0 Å². The van der Waals surface area contributed by atoms with Crippen molar-refractivity contribution in [2.45, 2.75) is 0 Å². The van der Waals surface area contributed by atoms with Crippen molar-refractivity contribution in [3.8, 4) is 10.6 Å². The highest BCUT2D eigenvalue weighted by Crippen LogP contribution is 2.31. The average Bonchev–Trinajstić information content (AvgIpc) is 2.58. The third-order valence-corrected chi connectivity index (χ3v) is 2.42. The molecule has 62 valence electrons. The summed E-state index contributed by atoms with van der Waals surface area (Å²) in [6.07, 6.45) is 3.06. The number of hydrogen-bond acceptors (Lipinski definition) is 4. The minimum absolute atomic E-state index is 0.567. The molecular formula is C7H5ClN2OS. The van der Waals surface area contributed by atoms with E-state index in [1.807, 2.05) is 0 Å². The van der Waals surface area contributed by atoms with Crippen LogP contribution in [-0.2, 0) is 0 Å². The molecule has 0 atom stereocenters. The summed E-state index contributed by atoms with van der Waals surface area (Å²) in [6.45, 7) is 0. The molecule has 2 heterocycles. The van der Waals surface area contributed by atoms with Crippen molar-refractivity contribution < 1.29 is 4.42 Å². The number of nitrogen functional groups attached to an aromatic ring is 1. The Morgan fingerprint density at radius 2 is 2.42 bits per heavy atom. The molecule has 0 aliphatic carbocycles. The van der Waals surface area contributed by atoms with Crippen molar-refractivity contribution in [3.05, 3.63) is 23.5 Å². The summed E-state index contributed by atoms with van der Waals surface area (Å²) in [5.74, 6) is 0.667. The second-order valence-corrected chi connectivity index (χ2v) is 3.48. The summed E-state index contributed by atoms with van der Waals surface area (Å²) in [5.41, 5.74) is 6.24. The largest absolute Gasteiger partial charge is 0.462 e. The van der Waals surface area contributed by atoms with Crippen LogP contribution < -0.4 is 5.73 Å². The van der Waals surface area contributed by atoms with E-state index in [9.17, 15) is 0 Å². The lowest BCUT2D eigenvalue weighted by atomic mass is 10.3. The smallest absolute Gasteiger partial charge is 0.149 e. The van der Waals surface area contributed by atoms with E-state index < -0.39 is 0 Å². The Labute approximate surface area is 77.9 Å². The van der Waals surface area contributed by atoms with Gasteiger partial charge in [-0.25, -0.2) is 0 Å². The maximum atomic E-state index is 5.68. The average molecular weight is 201 g/mol. The fourth-order valence-electron chi connectivity index (χ4n) is 0.867. The molecule has 0 aliphatic heterocycles. The van der Waals surface area contributed by atoms with Gasteiger partial charge in [0.2, 0.25) is 0 Å². The number of nitrogens with two attached hydrogens (primary N) is 1. The van der Waals surface area contributed by atoms with Crippen LogP contribution in [0.3, 0.4) is 0 Å². The van der Waals surface area contributed by atoms with E-state index in [0.717, 1.165) is 4.88 Å². The maximum Gasteiger partial charge on any atom is 0.149 e. The van der Waals surface area contributed by atoms with Crippen molar-refractivity contribution in [1.29, 1.82) is 0 Å². The van der Waals surface area contributed by atoms with Gasteiger partial charge in [0.05, 0.1) is 16.9 Å². The first kappa shape index (κ1) is 7.64. The Kier molecular flexibility index (Phi) is 1.78. The molecule has 2 aromatic heterocycles. The van der Waals surface area contributed by atoms with Gasteiger partial charge in [0.15, 0.2) is 0 Å². The van der Waals surface area contributed by atoms with Gasteiger partial charge in [0.25, 0.3) is 0 Å². The lowest BCUT2D eigenvalue weighted by molar-refractivity contribution is 0.584. The molecule has 0 saturated carbocycles. The van der Waals surface area contributed by atoms with Gasteiger partial charge >= 0.3 is 0 Å². The fourth-order valence-corrected chi connectivity index (χ4v) is 1.64. The van der Waals surface area contributed by atoms with Gasteiger partial charge < -0.3 is 10.2 Å². The second-order valence-electron chi connectivity index (χ2n) is 2.24. The van der Waals surface area contributed by atoms with Crippen LogP contribution in [0, 0.1) is 0 Å². The normalized spacial score (nSPS) is 10.4. The van der Waals surface area contributed by atoms with Gasteiger partial charge in [-0.2, -0.15) is 4.37 Å². The van der Waals surface area contributed by atoms with Gasteiger partial charge in [0.1, 0.15) is 16.9 Å². The summed E-state index contributed by atoms with van der Waals surface area (Å²) < 4.78 is 9.07. The van der Waals surface area contributed by atoms with E-state index in [0.29, 0.717) is 16.5 Å². The van der Waals surface area contributed by atoms with Crippen LogP contribution in [0.5, 0.6) is 0 Å². The predicted molar refractivity (Wildman–Crippen MR) is 49.2 cm³/mol. The van der Waals surface area contributed by atoms with Crippen molar-refractivity contribution >= 4 is 28.8 Å². The van der Waals surface area contributed by atoms with Gasteiger partial charge in [-0.1, -0.05) is 11.6 Å². The van der Waals surface area contributed by atoms with Crippen molar-refractivity contribution in [1.82, 2.24) is 4.37 Å². The van der Waals surface area contributed by atoms with Crippen LogP contribution in [0.25, 0.3) is 10.6 Å². The van der Waals surface area contributed by atoms with Gasteiger partial charge in [-0.15, -0.1) is 0 Å². The zero-order valence-electron chi connectivity index (χ0n) is 5.95. The molecule has 3 nitrogen and oxygen atoms in total. The Morgan fingerprint density at radius 1 is 1.58 bits per heavy atom. The lowest BCUT2D eigenvalue weighted by Crippen LogP contribution is -1.81. The zero-order valence-corrected chi connectivity index (χ0v) is 7.52. The molecule has 0 aliphatic rings. The minimum Gasteiger partial charge on any atom is -0.462 e. The molecule has 5 heteroatoms. The van der Waals surface area contributed by atoms with E-state index in [1.54, 1.807) is 12.3 Å². The van der Waals surface area contributed by atoms with Crippen LogP contribution in [0.15, 0.2) is 22.9 Å². The molecule has 0 unspecified atom stereocenters. The summed E-state index contributed by atoms with van der Waals surface area (Å²) in [7, 11) is 0. The van der Waals surface area contributed by atoms with Gasteiger partial charge in [0, 0.05) is 6.07 Å². The summed E-state index contributed by atoms with van der Waals surface area (Å²) in [6, 6.07) is 1.71. The molecule has 0 fully saturated rings. The van der Waals surface area contributed by atoms with E-state index in [-0.39, 0.29) is 0 Å². The first-order valence-electron chi connectivity index (χ1n) is 3.22. The third-order valence-electron chi connectivity index (χ3n) is 1.39. The first-order chi connectivity index (χ1) is 5.77. The van der Waals surface area contributed by atoms with Gasteiger partial charge in [-0.3, -0.25) is 0 Å². The quantitative estimate of drug-likeness (QED) is 0.770. The number of furan rings is 1. The molecule has 12 heavy (non-hydrogen) atoms. The van der Waals surface area contributed by atoms with Crippen LogP contribution in [0.1, 0.15) is 0 Å². The molecule has 0 bridgehead atoms. The summed E-state index contributed by atoms with van der Waals surface area (Å²) >= 11 is 6.97. The van der Waals surface area contributed by atoms with Crippen LogP contribution in [0.4, 0.5) is 5.69 Å². The van der Waals surface area contributed by atoms with E-state index >= 15 is 0 Å². The fraction of sp³-hybridized carbons (Fsp3) is 0. The van der Waals surface area contributed by atoms with E-state index in [1.165, 1.54) is 17.8 Å². The molecule has 2 aromatic rings. The molecule has 0 spiro atoms. The highest BCUT2D eigenvalue weighted by molar-refractivity contribution is 7.10. The second kappa shape index (κ2) is 2.80. The van der Waals surface area contributed by atoms with Crippen LogP contribution in [0.2, 0.25) is 5.02 Å². The van der Waals surface area contributed by atoms with Crippen molar-refractivity contribution in [2.24, 2.45) is 0 Å². The Morgan fingerprint density at radius 3 is 2.92 bits per heavy atom. The molecule has 0 saturated heterocycles. The molecule has 0 aromatic carbocycles. The zero-order chi connectivity index (χ0) is 8.55. The molecule has 2 N–H and O–H groups in total. The summed E-state index contributed by atoms with van der Waals surface area (Å²) in [5, 5.41) is 0.567. The molecule has 0 amide bonds. The standard InChI is InChI=1S/C7H5ClN2OS/c8-4-1-6(11-3-4)7-5(9)2-10-12-7/h1-3H,9H2. The Bertz CT molecular complexity index is 396. The van der Waals surface area contributed by atoms with Crippen molar-refractivity contribution in [2.75, 3.05) is 5.73 Å². The SMILES string of the molecule is Nc1cnsc1-c1cc(Cl)co1. The third kappa shape index (κ3) is 1.19. The lowest BCUT2D eigenvalue weighted by Gasteiger charge is -1.89. The highest BCUT2D eigenvalue weighted by Gasteiger charge is 2.08. The molecule has 2 rings (SSSR count). The Hall–Kier alpha value is -1.00. The predicted octanol–water partition coefficient (Wildman–Crippen LogP) is 2.64. The van der Waals surface area contributed by atoms with Crippen molar-refractivity contribution in [3.63, 3.8) is 0 Å². The number of aromatic nitrogens is 1. The highest BCUT2D eigenvalue weighted by atomic mass is 35.5. The first-order valence-corrected chi connectivity index (χ1v) is 4.37. The monoisotopic (exact) mass is 200 g/mol. The molecule has 0 radical (unpaired) electrons. The van der Waals surface area contributed by atoms with Crippen LogP contribution in [-0.4, -0.2) is 4.37 Å². The minimum atomic E-state index is 0.567. The summed E-state index contributed by atoms with van der Waals surface area (Å²) in [4.78, 5) is 0.821. The van der Waals surface area contributed by atoms with Gasteiger partial charge in [-0.05, 0) is 11.5 Å². The number of anilines is 1. The number of hydrogen-bond donors (Lipinski definition) is 1. The van der Waals surface area contributed by atoms with E-state index in [2.05, 4.69) is 4.37 Å².